The molecule has 0 radical (unpaired) electrons. The molecular formula is C23H27N5O4S. The van der Waals surface area contributed by atoms with Gasteiger partial charge in [-0.1, -0.05) is 12.1 Å². The van der Waals surface area contributed by atoms with E-state index in [4.69, 9.17) is 4.74 Å². The highest BCUT2D eigenvalue weighted by molar-refractivity contribution is 7.90. The molecule has 0 aliphatic carbocycles. The van der Waals surface area contributed by atoms with Gasteiger partial charge < -0.3 is 19.9 Å². The smallest absolute Gasteiger partial charge is 0.285 e. The number of amidine groups is 1. The molecule has 0 spiro atoms. The monoisotopic (exact) mass is 469 g/mol. The second kappa shape index (κ2) is 8.42. The number of carbonyl (C=O) groups excluding carboxylic acids is 1. The Morgan fingerprint density at radius 1 is 1.12 bits per heavy atom. The lowest BCUT2D eigenvalue weighted by molar-refractivity contribution is -0.119. The number of benzene rings is 1. The third-order valence-electron chi connectivity index (χ3n) is 6.20. The number of sulfonamides is 1. The Bertz CT molecular complexity index is 1190. The number of amides is 1. The molecule has 1 N–H and O–H groups in total. The molecule has 174 valence electrons. The Morgan fingerprint density at radius 2 is 1.88 bits per heavy atom. The molecule has 1 aromatic carbocycles. The maximum Gasteiger partial charge on any atom is 0.285 e. The first kappa shape index (κ1) is 21.8. The molecule has 2 fully saturated rings. The van der Waals surface area contributed by atoms with Crippen molar-refractivity contribution < 1.29 is 17.9 Å². The van der Waals surface area contributed by atoms with Gasteiger partial charge in [0.2, 0.25) is 5.91 Å². The van der Waals surface area contributed by atoms with E-state index in [9.17, 15) is 13.2 Å². The van der Waals surface area contributed by atoms with Crippen molar-refractivity contribution >= 4 is 33.3 Å². The fourth-order valence-electron chi connectivity index (χ4n) is 4.83. The summed E-state index contributed by atoms with van der Waals surface area (Å²) in [5.74, 6) is 1.01. The van der Waals surface area contributed by atoms with Crippen LogP contribution in [0.3, 0.4) is 0 Å². The molecular weight excluding hydrogens is 442 g/mol. The van der Waals surface area contributed by atoms with Crippen LogP contribution in [0.1, 0.15) is 32.3 Å². The van der Waals surface area contributed by atoms with Crippen LogP contribution in [0.4, 0.5) is 11.5 Å². The first-order valence-corrected chi connectivity index (χ1v) is 12.6. The average Bonchev–Trinajstić information content (AvgIpc) is 3.36. The Hall–Kier alpha value is -2.98. The van der Waals surface area contributed by atoms with E-state index in [1.165, 1.54) is 0 Å². The van der Waals surface area contributed by atoms with E-state index in [0.717, 1.165) is 25.3 Å². The number of rotatable bonds is 3. The minimum Gasteiger partial charge on any atom is -0.372 e. The zero-order valence-electron chi connectivity index (χ0n) is 18.6. The van der Waals surface area contributed by atoms with Gasteiger partial charge in [0, 0.05) is 25.2 Å². The van der Waals surface area contributed by atoms with Crippen molar-refractivity contribution in [3.63, 3.8) is 0 Å². The van der Waals surface area contributed by atoms with Crippen LogP contribution < -0.4 is 10.2 Å². The second-order valence-corrected chi connectivity index (χ2v) is 10.4. The number of hydrogen-bond acceptors (Lipinski definition) is 7. The van der Waals surface area contributed by atoms with Gasteiger partial charge in [0.05, 0.1) is 24.1 Å². The maximum absolute atomic E-state index is 13.1. The van der Waals surface area contributed by atoms with E-state index in [2.05, 4.69) is 19.6 Å². The van der Waals surface area contributed by atoms with Gasteiger partial charge >= 0.3 is 0 Å². The highest BCUT2D eigenvalue weighted by atomic mass is 32.2. The molecule has 3 atom stereocenters. The number of anilines is 2. The number of nitrogens with one attached hydrogen (secondary N) is 1. The zero-order chi connectivity index (χ0) is 23.2. The number of morpholine rings is 1. The topological polar surface area (TPSA) is 104 Å². The van der Waals surface area contributed by atoms with Crippen LogP contribution in [0.25, 0.3) is 0 Å². The van der Waals surface area contributed by atoms with E-state index < -0.39 is 16.1 Å². The first-order chi connectivity index (χ1) is 15.8. The molecule has 0 saturated carbocycles. The lowest BCUT2D eigenvalue weighted by Crippen LogP contribution is -2.45. The van der Waals surface area contributed by atoms with Crippen LogP contribution >= 0.6 is 0 Å². The number of carbonyl (C=O) groups is 1. The highest BCUT2D eigenvalue weighted by Crippen LogP contribution is 2.31. The zero-order valence-corrected chi connectivity index (χ0v) is 19.5. The van der Waals surface area contributed by atoms with E-state index in [1.54, 1.807) is 35.4 Å². The largest absolute Gasteiger partial charge is 0.372 e. The third-order valence-corrected chi connectivity index (χ3v) is 7.52. The van der Waals surface area contributed by atoms with E-state index in [1.807, 2.05) is 26.0 Å². The second-order valence-electron chi connectivity index (χ2n) is 8.79. The molecule has 3 aliphatic rings. The summed E-state index contributed by atoms with van der Waals surface area (Å²) < 4.78 is 34.7. The van der Waals surface area contributed by atoms with Crippen molar-refractivity contribution in [2.24, 2.45) is 4.40 Å². The predicted molar refractivity (Wildman–Crippen MR) is 125 cm³/mol. The lowest BCUT2D eigenvalue weighted by Gasteiger charge is -2.36. The van der Waals surface area contributed by atoms with Crippen molar-refractivity contribution in [1.29, 1.82) is 0 Å². The minimum atomic E-state index is -3.73. The molecule has 5 rings (SSSR count). The van der Waals surface area contributed by atoms with Gasteiger partial charge in [-0.15, -0.1) is 4.40 Å². The fraction of sp³-hybridized carbons (Fsp3) is 0.435. The maximum atomic E-state index is 13.1. The van der Waals surface area contributed by atoms with Crippen molar-refractivity contribution in [1.82, 2.24) is 9.88 Å². The van der Waals surface area contributed by atoms with Gasteiger partial charge in [0.15, 0.2) is 5.84 Å². The molecule has 33 heavy (non-hydrogen) atoms. The number of pyridine rings is 1. The molecule has 10 heteroatoms. The van der Waals surface area contributed by atoms with Gasteiger partial charge in [-0.05, 0) is 51.0 Å². The van der Waals surface area contributed by atoms with Gasteiger partial charge in [-0.25, -0.2) is 4.98 Å². The average molecular weight is 470 g/mol. The van der Waals surface area contributed by atoms with Crippen molar-refractivity contribution in [2.45, 2.75) is 49.8 Å². The van der Waals surface area contributed by atoms with Gasteiger partial charge in [0.1, 0.15) is 16.8 Å². The van der Waals surface area contributed by atoms with Crippen molar-refractivity contribution in [3.05, 3.63) is 48.2 Å². The molecule has 3 aliphatic heterocycles. The standard InChI is InChI=1S/C23H27N5O4S/c1-15-13-27(14-16(2)32-15)21-10-9-17(12-24-21)25-23(29)19-7-5-11-28(19)22-18-6-3-4-8-20(18)33(30,31)26-22/h3-4,6,8-10,12,15-16,19H,5,7,11,13-14H2,1-2H3,(H,25,29)/t15?,16?,19-/m0/s1. The quantitative estimate of drug-likeness (QED) is 0.735. The summed E-state index contributed by atoms with van der Waals surface area (Å²) in [6, 6.07) is 10.00. The minimum absolute atomic E-state index is 0.135. The number of hydrogen-bond donors (Lipinski definition) is 1. The summed E-state index contributed by atoms with van der Waals surface area (Å²) in [4.78, 5) is 21.8. The number of ether oxygens (including phenoxy) is 1. The Balaban J connectivity index is 1.30. The molecule has 1 aromatic heterocycles. The molecule has 2 saturated heterocycles. The Labute approximate surface area is 193 Å². The molecule has 9 nitrogen and oxygen atoms in total. The van der Waals surface area contributed by atoms with Crippen LogP contribution in [0, 0.1) is 0 Å². The SMILES string of the molecule is CC1CN(c2ccc(NC(=O)[C@@H]3CCCN3C3=NS(=O)(=O)c4ccccc43)cn2)CC(C)O1. The predicted octanol–water partition coefficient (Wildman–Crippen LogP) is 2.25. The summed E-state index contributed by atoms with van der Waals surface area (Å²) in [7, 11) is -3.73. The summed E-state index contributed by atoms with van der Waals surface area (Å²) >= 11 is 0. The number of likely N-dealkylation sites (tertiary alicyclic amines) is 1. The number of aromatic nitrogens is 1. The van der Waals surface area contributed by atoms with Gasteiger partial charge in [-0.3, -0.25) is 4.79 Å². The Kier molecular flexibility index (Phi) is 5.57. The summed E-state index contributed by atoms with van der Waals surface area (Å²) in [6.45, 7) is 6.20. The van der Waals surface area contributed by atoms with Crippen molar-refractivity contribution in [3.8, 4) is 0 Å². The first-order valence-electron chi connectivity index (χ1n) is 11.2. The van der Waals surface area contributed by atoms with Crippen LogP contribution in [0.2, 0.25) is 0 Å². The lowest BCUT2D eigenvalue weighted by atomic mass is 10.1. The molecule has 1 amide bonds. The van der Waals surface area contributed by atoms with E-state index >= 15 is 0 Å². The Morgan fingerprint density at radius 3 is 2.61 bits per heavy atom. The van der Waals surface area contributed by atoms with Crippen molar-refractivity contribution in [2.75, 3.05) is 29.9 Å². The van der Waals surface area contributed by atoms with Crippen LogP contribution in [-0.2, 0) is 19.6 Å². The molecule has 0 bridgehead atoms. The van der Waals surface area contributed by atoms with E-state index in [0.29, 0.717) is 30.1 Å². The van der Waals surface area contributed by atoms with E-state index in [-0.39, 0.29) is 23.0 Å². The molecule has 2 unspecified atom stereocenters. The summed E-state index contributed by atoms with van der Waals surface area (Å²) in [5.41, 5.74) is 1.16. The molecule has 4 heterocycles. The van der Waals surface area contributed by atoms with Crippen LogP contribution in [-0.4, -0.2) is 67.9 Å². The van der Waals surface area contributed by atoms with Gasteiger partial charge in [0.25, 0.3) is 10.0 Å². The normalized spacial score (nSPS) is 26.1. The van der Waals surface area contributed by atoms with Crippen LogP contribution in [0.5, 0.6) is 0 Å². The number of fused-ring (bicyclic) bond motifs is 1. The highest BCUT2D eigenvalue weighted by Gasteiger charge is 2.39. The molecule has 2 aromatic rings. The third kappa shape index (κ3) is 4.20. The van der Waals surface area contributed by atoms with Crippen LogP contribution in [0.15, 0.2) is 51.9 Å². The fourth-order valence-corrected chi connectivity index (χ4v) is 6.04. The van der Waals surface area contributed by atoms with Gasteiger partial charge in [-0.2, -0.15) is 8.42 Å². The number of nitrogens with zero attached hydrogens (tertiary/aromatic N) is 4. The summed E-state index contributed by atoms with van der Waals surface area (Å²) in [5, 5.41) is 2.94. The summed E-state index contributed by atoms with van der Waals surface area (Å²) in [6.07, 6.45) is 3.34.